The predicted octanol–water partition coefficient (Wildman–Crippen LogP) is 4.28. The first kappa shape index (κ1) is 29.4. The van der Waals surface area contributed by atoms with E-state index in [4.69, 9.17) is 9.94 Å². The summed E-state index contributed by atoms with van der Waals surface area (Å²) in [6.45, 7) is 3.22. The van der Waals surface area contributed by atoms with Gasteiger partial charge in [0.1, 0.15) is 5.75 Å². The highest BCUT2D eigenvalue weighted by Gasteiger charge is 2.11. The number of benzene rings is 3. The molecule has 1 heterocycles. The minimum absolute atomic E-state index is 0.195. The SMILES string of the molecule is COc1ccccc1CCNC(=O)NCCN(CCc1c[nH]c2ccccc12)Cc1ccc(/C=C/C(=O)NO)cc1. The second-order valence-corrected chi connectivity index (χ2v) is 9.68. The maximum Gasteiger partial charge on any atom is 0.314 e. The van der Waals surface area contributed by atoms with Crippen LogP contribution in [0.1, 0.15) is 22.3 Å². The molecule has 0 bridgehead atoms. The van der Waals surface area contributed by atoms with Crippen molar-refractivity contribution in [2.45, 2.75) is 19.4 Å². The van der Waals surface area contributed by atoms with Crippen molar-refractivity contribution in [1.82, 2.24) is 26.0 Å². The molecule has 4 rings (SSSR count). The van der Waals surface area contributed by atoms with Gasteiger partial charge in [-0.3, -0.25) is 14.9 Å². The van der Waals surface area contributed by atoms with Crippen molar-refractivity contribution in [2.75, 3.05) is 33.3 Å². The first-order valence-electron chi connectivity index (χ1n) is 13.7. The molecular weight excluding hydrogens is 518 g/mol. The molecule has 0 radical (unpaired) electrons. The second-order valence-electron chi connectivity index (χ2n) is 9.68. The number of hydrogen-bond acceptors (Lipinski definition) is 5. The number of ether oxygens (including phenoxy) is 1. The van der Waals surface area contributed by atoms with E-state index in [2.05, 4.69) is 38.8 Å². The summed E-state index contributed by atoms with van der Waals surface area (Å²) in [5.41, 5.74) is 7.00. The van der Waals surface area contributed by atoms with Crippen LogP contribution in [0.5, 0.6) is 5.75 Å². The maximum atomic E-state index is 12.5. The summed E-state index contributed by atoms with van der Waals surface area (Å²) in [5, 5.41) is 15.8. The van der Waals surface area contributed by atoms with Gasteiger partial charge in [-0.25, -0.2) is 10.3 Å². The summed E-state index contributed by atoms with van der Waals surface area (Å²) in [5.74, 6) is 0.245. The fraction of sp³-hybridized carbons (Fsp3) is 0.250. The molecule has 0 aliphatic carbocycles. The number of amides is 3. The number of hydrogen-bond donors (Lipinski definition) is 5. The van der Waals surface area contributed by atoms with Crippen LogP contribution >= 0.6 is 0 Å². The molecule has 41 heavy (non-hydrogen) atoms. The monoisotopic (exact) mass is 555 g/mol. The van der Waals surface area contributed by atoms with Gasteiger partial charge < -0.3 is 20.4 Å². The van der Waals surface area contributed by atoms with E-state index in [0.717, 1.165) is 40.9 Å². The van der Waals surface area contributed by atoms with Crippen LogP contribution < -0.4 is 20.9 Å². The smallest absolute Gasteiger partial charge is 0.314 e. The van der Waals surface area contributed by atoms with Crippen molar-refractivity contribution in [3.8, 4) is 5.75 Å². The zero-order valence-corrected chi connectivity index (χ0v) is 23.2. The van der Waals surface area contributed by atoms with Crippen molar-refractivity contribution >= 4 is 28.9 Å². The molecule has 0 spiro atoms. The van der Waals surface area contributed by atoms with Gasteiger partial charge in [-0.2, -0.15) is 0 Å². The number of H-pyrrole nitrogens is 1. The van der Waals surface area contributed by atoms with Gasteiger partial charge >= 0.3 is 6.03 Å². The van der Waals surface area contributed by atoms with E-state index in [1.54, 1.807) is 18.7 Å². The van der Waals surface area contributed by atoms with Crippen LogP contribution in [0.15, 0.2) is 85.1 Å². The molecule has 214 valence electrons. The van der Waals surface area contributed by atoms with E-state index in [9.17, 15) is 9.59 Å². The zero-order chi connectivity index (χ0) is 28.9. The standard InChI is InChI=1S/C32H37N5O4/c1-41-30-9-5-2-6-26(30)16-18-33-32(39)34-19-21-37(20-17-27-22-35-29-8-4-3-7-28(27)29)23-25-12-10-24(11-13-25)14-15-31(38)36-40/h2-15,22,35,40H,16-21,23H2,1H3,(H,36,38)(H2,33,34,39)/b15-14+. The van der Waals surface area contributed by atoms with Crippen LogP contribution in [0, 0.1) is 0 Å². The molecular formula is C32H37N5O4. The highest BCUT2D eigenvalue weighted by atomic mass is 16.5. The Morgan fingerprint density at radius 1 is 0.902 bits per heavy atom. The molecule has 4 aromatic rings. The number of methoxy groups -OCH3 is 1. The van der Waals surface area contributed by atoms with E-state index >= 15 is 0 Å². The molecule has 0 atom stereocenters. The largest absolute Gasteiger partial charge is 0.496 e. The molecule has 0 saturated carbocycles. The molecule has 0 fully saturated rings. The van der Waals surface area contributed by atoms with Crippen molar-refractivity contribution in [3.63, 3.8) is 0 Å². The zero-order valence-electron chi connectivity index (χ0n) is 23.2. The van der Waals surface area contributed by atoms with E-state index < -0.39 is 5.91 Å². The summed E-state index contributed by atoms with van der Waals surface area (Å²) in [6, 6.07) is 23.8. The number of carbonyl (C=O) groups excluding carboxylic acids is 2. The van der Waals surface area contributed by atoms with Crippen LogP contribution in [0.25, 0.3) is 17.0 Å². The van der Waals surface area contributed by atoms with Crippen LogP contribution in [0.4, 0.5) is 4.79 Å². The lowest BCUT2D eigenvalue weighted by atomic mass is 10.1. The molecule has 5 N–H and O–H groups in total. The normalized spacial score (nSPS) is 11.2. The quantitative estimate of drug-likeness (QED) is 0.0904. The van der Waals surface area contributed by atoms with Gasteiger partial charge in [-0.05, 0) is 53.3 Å². The van der Waals surface area contributed by atoms with Gasteiger partial charge in [0.2, 0.25) is 0 Å². The first-order valence-corrected chi connectivity index (χ1v) is 13.7. The molecule has 3 amide bonds. The van der Waals surface area contributed by atoms with Gasteiger partial charge in [0.05, 0.1) is 7.11 Å². The van der Waals surface area contributed by atoms with Crippen molar-refractivity contribution in [2.24, 2.45) is 0 Å². The van der Waals surface area contributed by atoms with Gasteiger partial charge in [0, 0.05) is 55.9 Å². The lowest BCUT2D eigenvalue weighted by Gasteiger charge is -2.23. The van der Waals surface area contributed by atoms with Crippen molar-refractivity contribution < 1.29 is 19.5 Å². The fourth-order valence-electron chi connectivity index (χ4n) is 4.70. The van der Waals surface area contributed by atoms with Crippen LogP contribution in [-0.2, 0) is 24.2 Å². The molecule has 1 aromatic heterocycles. The number of hydroxylamine groups is 1. The molecule has 0 aliphatic heterocycles. The number of aromatic amines is 1. The Balaban J connectivity index is 1.32. The number of nitrogens with zero attached hydrogens (tertiary/aromatic N) is 1. The Morgan fingerprint density at radius 2 is 1.66 bits per heavy atom. The summed E-state index contributed by atoms with van der Waals surface area (Å²) >= 11 is 0. The maximum absolute atomic E-state index is 12.5. The molecule has 0 unspecified atom stereocenters. The molecule has 0 saturated heterocycles. The number of fused-ring (bicyclic) bond motifs is 1. The summed E-state index contributed by atoms with van der Waals surface area (Å²) in [6.07, 6.45) is 6.53. The number of urea groups is 1. The predicted molar refractivity (Wildman–Crippen MR) is 161 cm³/mol. The van der Waals surface area contributed by atoms with E-state index in [-0.39, 0.29) is 6.03 Å². The van der Waals surface area contributed by atoms with Gasteiger partial charge in [-0.15, -0.1) is 0 Å². The van der Waals surface area contributed by atoms with Crippen molar-refractivity contribution in [3.05, 3.63) is 107 Å². The Bertz CT molecular complexity index is 1450. The highest BCUT2D eigenvalue weighted by Crippen LogP contribution is 2.19. The van der Waals surface area contributed by atoms with Gasteiger partial charge in [0.15, 0.2) is 0 Å². The summed E-state index contributed by atoms with van der Waals surface area (Å²) < 4.78 is 5.38. The number of para-hydroxylation sites is 2. The van der Waals surface area contributed by atoms with Gasteiger partial charge in [0.25, 0.3) is 5.91 Å². The van der Waals surface area contributed by atoms with E-state index in [1.807, 2.05) is 60.7 Å². The number of carbonyl (C=O) groups is 2. The average molecular weight is 556 g/mol. The lowest BCUT2D eigenvalue weighted by molar-refractivity contribution is -0.124. The number of nitrogens with one attached hydrogen (secondary N) is 4. The number of rotatable bonds is 14. The lowest BCUT2D eigenvalue weighted by Crippen LogP contribution is -2.41. The molecule has 9 nitrogen and oxygen atoms in total. The third-order valence-corrected chi connectivity index (χ3v) is 6.88. The fourth-order valence-corrected chi connectivity index (χ4v) is 4.70. The van der Waals surface area contributed by atoms with E-state index in [1.165, 1.54) is 17.0 Å². The topological polar surface area (TPSA) is 119 Å². The summed E-state index contributed by atoms with van der Waals surface area (Å²) in [7, 11) is 1.65. The molecule has 0 aliphatic rings. The Kier molecular flexibility index (Phi) is 10.9. The minimum Gasteiger partial charge on any atom is -0.496 e. The summed E-state index contributed by atoms with van der Waals surface area (Å²) in [4.78, 5) is 29.4. The Morgan fingerprint density at radius 3 is 2.46 bits per heavy atom. The average Bonchev–Trinajstić information content (AvgIpc) is 3.42. The molecule has 9 heteroatoms. The third kappa shape index (κ3) is 8.96. The third-order valence-electron chi connectivity index (χ3n) is 6.88. The number of aromatic nitrogens is 1. The molecule has 3 aromatic carbocycles. The van der Waals surface area contributed by atoms with Crippen LogP contribution in [0.2, 0.25) is 0 Å². The van der Waals surface area contributed by atoms with Gasteiger partial charge in [-0.1, -0.05) is 60.7 Å². The highest BCUT2D eigenvalue weighted by molar-refractivity contribution is 5.90. The Hall–Kier alpha value is -4.60. The van der Waals surface area contributed by atoms with Crippen molar-refractivity contribution in [1.29, 1.82) is 0 Å². The van der Waals surface area contributed by atoms with E-state index in [0.29, 0.717) is 32.6 Å². The van der Waals surface area contributed by atoms with Crippen LogP contribution in [-0.4, -0.2) is 60.3 Å². The first-order chi connectivity index (χ1) is 20.1. The Labute approximate surface area is 240 Å². The minimum atomic E-state index is -0.575. The second kappa shape index (κ2) is 15.3. The van der Waals surface area contributed by atoms with Crippen LogP contribution in [0.3, 0.4) is 0 Å².